The second-order valence-electron chi connectivity index (χ2n) is 3.13. The van der Waals surface area contributed by atoms with Gasteiger partial charge in [-0.1, -0.05) is 0 Å². The first-order chi connectivity index (χ1) is 5.04. The van der Waals surface area contributed by atoms with Crippen LogP contribution in [0.1, 0.15) is 12.8 Å². The van der Waals surface area contributed by atoms with Crippen molar-refractivity contribution in [2.75, 3.05) is 20.1 Å². The SMILES string of the molecule is CN1CCC(F)(C(N)=O)CC1. The minimum atomic E-state index is -1.74. The molecule has 3 nitrogen and oxygen atoms in total. The van der Waals surface area contributed by atoms with Crippen LogP contribution < -0.4 is 5.73 Å². The first-order valence-electron chi connectivity index (χ1n) is 3.72. The van der Waals surface area contributed by atoms with Gasteiger partial charge in [-0.2, -0.15) is 0 Å². The van der Waals surface area contributed by atoms with Gasteiger partial charge < -0.3 is 10.6 Å². The first-order valence-corrected chi connectivity index (χ1v) is 3.72. The molecule has 2 N–H and O–H groups in total. The van der Waals surface area contributed by atoms with Gasteiger partial charge in [-0.25, -0.2) is 4.39 Å². The molecule has 0 spiro atoms. The summed E-state index contributed by atoms with van der Waals surface area (Å²) in [6.45, 7) is 1.22. The van der Waals surface area contributed by atoms with E-state index in [1.807, 2.05) is 11.9 Å². The average molecular weight is 160 g/mol. The predicted molar refractivity (Wildman–Crippen MR) is 39.8 cm³/mol. The van der Waals surface area contributed by atoms with Gasteiger partial charge in [0, 0.05) is 25.9 Å². The molecule has 1 aliphatic rings. The van der Waals surface area contributed by atoms with Gasteiger partial charge in [0.05, 0.1) is 0 Å². The molecule has 0 atom stereocenters. The van der Waals surface area contributed by atoms with Crippen LogP contribution in [0.15, 0.2) is 0 Å². The van der Waals surface area contributed by atoms with Gasteiger partial charge in [-0.3, -0.25) is 4.79 Å². The summed E-state index contributed by atoms with van der Waals surface area (Å²) >= 11 is 0. The Balaban J connectivity index is 2.55. The number of piperidine rings is 1. The number of alkyl halides is 1. The number of carbonyl (C=O) groups is 1. The average Bonchev–Trinajstić information content (AvgIpc) is 1.95. The number of nitrogens with two attached hydrogens (primary N) is 1. The van der Waals surface area contributed by atoms with Crippen molar-refractivity contribution in [1.82, 2.24) is 4.90 Å². The molecule has 0 aromatic heterocycles. The van der Waals surface area contributed by atoms with Crippen LogP contribution in [0.3, 0.4) is 0 Å². The summed E-state index contributed by atoms with van der Waals surface area (Å²) in [5.74, 6) is -0.814. The fourth-order valence-electron chi connectivity index (χ4n) is 1.22. The molecule has 1 amide bonds. The molecule has 1 rings (SSSR count). The summed E-state index contributed by atoms with van der Waals surface area (Å²) in [6, 6.07) is 0. The van der Waals surface area contributed by atoms with Crippen LogP contribution in [-0.2, 0) is 4.79 Å². The highest BCUT2D eigenvalue weighted by molar-refractivity contribution is 5.83. The third-order valence-corrected chi connectivity index (χ3v) is 2.22. The van der Waals surface area contributed by atoms with E-state index >= 15 is 0 Å². The number of primary amides is 1. The van der Waals surface area contributed by atoms with Crippen molar-refractivity contribution in [3.05, 3.63) is 0 Å². The lowest BCUT2D eigenvalue weighted by atomic mass is 9.93. The van der Waals surface area contributed by atoms with E-state index in [9.17, 15) is 9.18 Å². The molecule has 0 aliphatic carbocycles. The molecular weight excluding hydrogens is 147 g/mol. The Kier molecular flexibility index (Phi) is 2.13. The highest BCUT2D eigenvalue weighted by atomic mass is 19.1. The van der Waals surface area contributed by atoms with E-state index in [4.69, 9.17) is 5.73 Å². The van der Waals surface area contributed by atoms with Crippen LogP contribution >= 0.6 is 0 Å². The van der Waals surface area contributed by atoms with E-state index in [0.29, 0.717) is 13.1 Å². The number of carbonyl (C=O) groups excluding carboxylic acids is 1. The Labute approximate surface area is 65.3 Å². The molecule has 0 aromatic rings. The molecule has 1 saturated heterocycles. The first kappa shape index (κ1) is 8.46. The van der Waals surface area contributed by atoms with Crippen molar-refractivity contribution in [2.24, 2.45) is 5.73 Å². The van der Waals surface area contributed by atoms with Crippen LogP contribution in [0.2, 0.25) is 0 Å². The number of amides is 1. The van der Waals surface area contributed by atoms with Crippen molar-refractivity contribution in [3.63, 3.8) is 0 Å². The van der Waals surface area contributed by atoms with E-state index < -0.39 is 11.6 Å². The zero-order chi connectivity index (χ0) is 8.48. The number of nitrogens with zero attached hydrogens (tertiary/aromatic N) is 1. The van der Waals surface area contributed by atoms with Gasteiger partial charge in [-0.05, 0) is 7.05 Å². The third kappa shape index (κ3) is 1.68. The lowest BCUT2D eigenvalue weighted by Gasteiger charge is -2.31. The summed E-state index contributed by atoms with van der Waals surface area (Å²) < 4.78 is 13.4. The molecule has 0 saturated carbocycles. The van der Waals surface area contributed by atoms with Crippen LogP contribution in [0.25, 0.3) is 0 Å². The highest BCUT2D eigenvalue weighted by Crippen LogP contribution is 2.24. The van der Waals surface area contributed by atoms with Gasteiger partial charge in [0.15, 0.2) is 5.67 Å². The van der Waals surface area contributed by atoms with Crippen LogP contribution in [-0.4, -0.2) is 36.6 Å². The van der Waals surface area contributed by atoms with E-state index in [1.54, 1.807) is 0 Å². The van der Waals surface area contributed by atoms with Gasteiger partial charge in [0.2, 0.25) is 0 Å². The van der Waals surface area contributed by atoms with Gasteiger partial charge in [-0.15, -0.1) is 0 Å². The molecule has 1 heterocycles. The second-order valence-corrected chi connectivity index (χ2v) is 3.13. The largest absolute Gasteiger partial charge is 0.367 e. The molecule has 4 heteroatoms. The van der Waals surface area contributed by atoms with Crippen molar-refractivity contribution < 1.29 is 9.18 Å². The summed E-state index contributed by atoms with van der Waals surface area (Å²) in [5, 5.41) is 0. The molecule has 64 valence electrons. The summed E-state index contributed by atoms with van der Waals surface area (Å²) in [7, 11) is 1.90. The second kappa shape index (κ2) is 2.77. The molecule has 11 heavy (non-hydrogen) atoms. The number of likely N-dealkylation sites (tertiary alicyclic amines) is 1. The topological polar surface area (TPSA) is 46.3 Å². The van der Waals surface area contributed by atoms with Gasteiger partial charge in [0.1, 0.15) is 0 Å². The number of hydrogen-bond donors (Lipinski definition) is 1. The Morgan fingerprint density at radius 3 is 2.36 bits per heavy atom. The maximum atomic E-state index is 13.4. The minimum Gasteiger partial charge on any atom is -0.367 e. The molecule has 0 radical (unpaired) electrons. The lowest BCUT2D eigenvalue weighted by Crippen LogP contribution is -2.48. The molecular formula is C7H13FN2O. The maximum absolute atomic E-state index is 13.4. The Morgan fingerprint density at radius 2 is 2.00 bits per heavy atom. The monoisotopic (exact) mass is 160 g/mol. The zero-order valence-corrected chi connectivity index (χ0v) is 6.64. The van der Waals surface area contributed by atoms with Crippen LogP contribution in [0.5, 0.6) is 0 Å². The minimum absolute atomic E-state index is 0.235. The molecule has 1 aliphatic heterocycles. The summed E-state index contributed by atoms with van der Waals surface area (Å²) in [5.41, 5.74) is 3.17. The van der Waals surface area contributed by atoms with E-state index in [0.717, 1.165) is 0 Å². The number of rotatable bonds is 1. The zero-order valence-electron chi connectivity index (χ0n) is 6.64. The van der Waals surface area contributed by atoms with E-state index in [1.165, 1.54) is 0 Å². The maximum Gasteiger partial charge on any atom is 0.255 e. The molecule has 0 aromatic carbocycles. The predicted octanol–water partition coefficient (Wildman–Crippen LogP) is -0.0944. The van der Waals surface area contributed by atoms with Crippen molar-refractivity contribution >= 4 is 5.91 Å². The van der Waals surface area contributed by atoms with Crippen molar-refractivity contribution in [2.45, 2.75) is 18.5 Å². The Bertz CT molecular complexity index is 164. The summed E-state index contributed by atoms with van der Waals surface area (Å²) in [6.07, 6.45) is 0.470. The van der Waals surface area contributed by atoms with Crippen molar-refractivity contribution in [1.29, 1.82) is 0 Å². The smallest absolute Gasteiger partial charge is 0.255 e. The fourth-order valence-corrected chi connectivity index (χ4v) is 1.22. The number of halogens is 1. The van der Waals surface area contributed by atoms with E-state index in [-0.39, 0.29) is 12.8 Å². The lowest BCUT2D eigenvalue weighted by molar-refractivity contribution is -0.132. The fraction of sp³-hybridized carbons (Fsp3) is 0.857. The molecule has 0 unspecified atom stereocenters. The standard InChI is InChI=1S/C7H13FN2O/c1-10-4-2-7(8,3-5-10)6(9)11/h2-5H2,1H3,(H2,9,11). The Morgan fingerprint density at radius 1 is 1.55 bits per heavy atom. The van der Waals surface area contributed by atoms with Gasteiger partial charge in [0.25, 0.3) is 5.91 Å². The van der Waals surface area contributed by atoms with Crippen molar-refractivity contribution in [3.8, 4) is 0 Å². The van der Waals surface area contributed by atoms with Crippen LogP contribution in [0.4, 0.5) is 4.39 Å². The molecule has 0 bridgehead atoms. The highest BCUT2D eigenvalue weighted by Gasteiger charge is 2.39. The van der Waals surface area contributed by atoms with Crippen LogP contribution in [0, 0.1) is 0 Å². The normalized spacial score (nSPS) is 24.9. The number of hydrogen-bond acceptors (Lipinski definition) is 2. The quantitative estimate of drug-likeness (QED) is 0.582. The van der Waals surface area contributed by atoms with E-state index in [2.05, 4.69) is 0 Å². The Hall–Kier alpha value is -0.640. The van der Waals surface area contributed by atoms with Gasteiger partial charge >= 0.3 is 0 Å². The molecule has 1 fully saturated rings. The summed E-state index contributed by atoms with van der Waals surface area (Å²) in [4.78, 5) is 12.6. The third-order valence-electron chi connectivity index (χ3n) is 2.22.